The minimum Gasteiger partial charge on any atom is -0.493 e. The fraction of sp³-hybridized carbons (Fsp3) is 0.176. The molecule has 3 rings (SSSR count). The van der Waals surface area contributed by atoms with E-state index in [-0.39, 0.29) is 5.91 Å². The van der Waals surface area contributed by atoms with Gasteiger partial charge in [-0.05, 0) is 18.2 Å². The maximum Gasteiger partial charge on any atom is 0.272 e. The molecule has 0 radical (unpaired) electrons. The molecule has 0 unspecified atom stereocenters. The number of hydrogen-bond acceptors (Lipinski definition) is 5. The van der Waals surface area contributed by atoms with Gasteiger partial charge in [0.25, 0.3) is 5.91 Å². The fourth-order valence-electron chi connectivity index (χ4n) is 2.46. The Bertz CT molecular complexity index is 914. The lowest BCUT2D eigenvalue weighted by Crippen LogP contribution is -2.12. The minimum absolute atomic E-state index is 0.330. The largest absolute Gasteiger partial charge is 0.493 e. The third-order valence-corrected chi connectivity index (χ3v) is 3.82. The van der Waals surface area contributed by atoms with E-state index in [1.54, 1.807) is 30.3 Å². The van der Waals surface area contributed by atoms with Crippen LogP contribution in [0, 0.1) is 0 Å². The number of carbonyl (C=O) groups excluding carboxylic acids is 1. The lowest BCUT2D eigenvalue weighted by atomic mass is 10.2. The monoisotopic (exact) mass is 361 g/mol. The van der Waals surface area contributed by atoms with E-state index < -0.39 is 0 Å². The summed E-state index contributed by atoms with van der Waals surface area (Å²) in [6, 6.07) is 8.35. The fourth-order valence-corrected chi connectivity index (χ4v) is 2.61. The first-order chi connectivity index (χ1) is 12.0. The molecule has 7 nitrogen and oxygen atoms in total. The van der Waals surface area contributed by atoms with Crippen LogP contribution in [0.3, 0.4) is 0 Å². The predicted octanol–water partition coefficient (Wildman–Crippen LogP) is 3.49. The molecule has 2 N–H and O–H groups in total. The molecule has 0 aliphatic heterocycles. The number of carbonyl (C=O) groups is 1. The summed E-state index contributed by atoms with van der Waals surface area (Å²) in [5.74, 6) is 1.01. The first-order valence-corrected chi connectivity index (χ1v) is 7.70. The van der Waals surface area contributed by atoms with Crippen LogP contribution in [0.25, 0.3) is 11.0 Å². The average Bonchev–Trinajstić information content (AvgIpc) is 3.04. The highest BCUT2D eigenvalue weighted by atomic mass is 35.5. The SMILES string of the molecule is COc1cc(NC(=O)c2cc3nc(Cl)ccc3[nH]2)cc(OC)c1OC. The molecule has 0 bridgehead atoms. The Morgan fingerprint density at radius 2 is 1.76 bits per heavy atom. The third kappa shape index (κ3) is 3.32. The number of pyridine rings is 1. The van der Waals surface area contributed by atoms with Gasteiger partial charge >= 0.3 is 0 Å². The van der Waals surface area contributed by atoms with Crippen molar-refractivity contribution in [3.05, 3.63) is 41.2 Å². The molecule has 0 spiro atoms. The van der Waals surface area contributed by atoms with E-state index in [4.69, 9.17) is 25.8 Å². The molecule has 1 aromatic carbocycles. The van der Waals surface area contributed by atoms with Gasteiger partial charge in [0.15, 0.2) is 11.5 Å². The van der Waals surface area contributed by atoms with Crippen LogP contribution in [-0.2, 0) is 0 Å². The molecule has 3 aromatic rings. The number of fused-ring (bicyclic) bond motifs is 1. The molecular weight excluding hydrogens is 346 g/mol. The van der Waals surface area contributed by atoms with Gasteiger partial charge in [-0.15, -0.1) is 0 Å². The maximum absolute atomic E-state index is 12.5. The van der Waals surface area contributed by atoms with Crippen molar-refractivity contribution in [2.24, 2.45) is 0 Å². The van der Waals surface area contributed by atoms with Gasteiger partial charge in [-0.3, -0.25) is 4.79 Å². The van der Waals surface area contributed by atoms with E-state index >= 15 is 0 Å². The van der Waals surface area contributed by atoms with Gasteiger partial charge in [-0.2, -0.15) is 0 Å². The van der Waals surface area contributed by atoms with Crippen molar-refractivity contribution >= 4 is 34.2 Å². The molecule has 0 aliphatic carbocycles. The van der Waals surface area contributed by atoms with E-state index in [1.807, 2.05) is 0 Å². The summed E-state index contributed by atoms with van der Waals surface area (Å²) in [5, 5.41) is 3.15. The molecule has 0 saturated heterocycles. The number of nitrogens with one attached hydrogen (secondary N) is 2. The number of anilines is 1. The third-order valence-electron chi connectivity index (χ3n) is 3.61. The first kappa shape index (κ1) is 16.9. The zero-order valence-electron chi connectivity index (χ0n) is 13.8. The van der Waals surface area contributed by atoms with Crippen molar-refractivity contribution in [2.45, 2.75) is 0 Å². The summed E-state index contributed by atoms with van der Waals surface area (Å²) in [4.78, 5) is 19.7. The Morgan fingerprint density at radius 1 is 1.08 bits per heavy atom. The van der Waals surface area contributed by atoms with Crippen LogP contribution in [0.1, 0.15) is 10.5 Å². The molecule has 2 aromatic heterocycles. The maximum atomic E-state index is 12.5. The molecule has 130 valence electrons. The van der Waals surface area contributed by atoms with Crippen molar-refractivity contribution in [2.75, 3.05) is 26.6 Å². The quantitative estimate of drug-likeness (QED) is 0.679. The van der Waals surface area contributed by atoms with E-state index in [1.165, 1.54) is 21.3 Å². The van der Waals surface area contributed by atoms with Gasteiger partial charge in [0, 0.05) is 17.8 Å². The zero-order chi connectivity index (χ0) is 18.0. The van der Waals surface area contributed by atoms with Crippen molar-refractivity contribution in [1.29, 1.82) is 0 Å². The Balaban J connectivity index is 1.91. The van der Waals surface area contributed by atoms with Crippen molar-refractivity contribution in [1.82, 2.24) is 9.97 Å². The molecule has 0 fully saturated rings. The van der Waals surface area contributed by atoms with Crippen LogP contribution in [0.15, 0.2) is 30.3 Å². The summed E-state index contributed by atoms with van der Waals surface area (Å²) < 4.78 is 15.8. The van der Waals surface area contributed by atoms with E-state index in [0.717, 1.165) is 5.52 Å². The zero-order valence-corrected chi connectivity index (χ0v) is 14.6. The number of rotatable bonds is 5. The minimum atomic E-state index is -0.330. The first-order valence-electron chi connectivity index (χ1n) is 7.32. The van der Waals surface area contributed by atoms with Gasteiger partial charge in [-0.1, -0.05) is 11.6 Å². The lowest BCUT2D eigenvalue weighted by molar-refractivity contribution is 0.102. The number of H-pyrrole nitrogens is 1. The molecular formula is C17H16ClN3O4. The van der Waals surface area contributed by atoms with Gasteiger partial charge in [0.05, 0.1) is 32.4 Å². The number of amides is 1. The number of hydrogen-bond donors (Lipinski definition) is 2. The van der Waals surface area contributed by atoms with Crippen LogP contribution in [0.4, 0.5) is 5.69 Å². The molecule has 1 amide bonds. The van der Waals surface area contributed by atoms with Crippen LogP contribution in [0.2, 0.25) is 5.15 Å². The smallest absolute Gasteiger partial charge is 0.272 e. The number of ether oxygens (including phenoxy) is 3. The molecule has 25 heavy (non-hydrogen) atoms. The van der Waals surface area contributed by atoms with Crippen LogP contribution >= 0.6 is 11.6 Å². The Morgan fingerprint density at radius 3 is 2.36 bits per heavy atom. The van der Waals surface area contributed by atoms with E-state index in [0.29, 0.717) is 39.3 Å². The van der Waals surface area contributed by atoms with Gasteiger partial charge in [0.2, 0.25) is 5.75 Å². The topological polar surface area (TPSA) is 85.5 Å². The molecule has 0 aliphatic rings. The second kappa shape index (κ2) is 6.90. The lowest BCUT2D eigenvalue weighted by Gasteiger charge is -2.14. The standard InChI is InChI=1S/C17H16ClN3O4/c1-23-13-6-9(7-14(24-2)16(13)25-3)19-17(22)12-8-11-10(20-12)4-5-15(18)21-11/h4-8,20H,1-3H3,(H,19,22). The number of methoxy groups -OCH3 is 3. The highest BCUT2D eigenvalue weighted by molar-refractivity contribution is 6.29. The molecule has 0 saturated carbocycles. The second-order valence-corrected chi connectivity index (χ2v) is 5.51. The molecule has 2 heterocycles. The van der Waals surface area contributed by atoms with Crippen molar-refractivity contribution < 1.29 is 19.0 Å². The van der Waals surface area contributed by atoms with E-state index in [2.05, 4.69) is 15.3 Å². The van der Waals surface area contributed by atoms with Gasteiger partial charge in [-0.25, -0.2) is 4.98 Å². The summed E-state index contributed by atoms with van der Waals surface area (Å²) >= 11 is 5.87. The molecule has 0 atom stereocenters. The predicted molar refractivity (Wildman–Crippen MR) is 95.2 cm³/mol. The Kier molecular flexibility index (Phi) is 4.67. The Labute approximate surface area is 148 Å². The van der Waals surface area contributed by atoms with Crippen LogP contribution in [-0.4, -0.2) is 37.2 Å². The number of benzene rings is 1. The highest BCUT2D eigenvalue weighted by Gasteiger charge is 2.16. The number of halogens is 1. The Hall–Kier alpha value is -2.93. The number of aromatic nitrogens is 2. The number of aromatic amines is 1. The highest BCUT2D eigenvalue weighted by Crippen LogP contribution is 2.40. The van der Waals surface area contributed by atoms with Gasteiger partial charge < -0.3 is 24.5 Å². The second-order valence-electron chi connectivity index (χ2n) is 5.12. The van der Waals surface area contributed by atoms with Crippen molar-refractivity contribution in [3.63, 3.8) is 0 Å². The van der Waals surface area contributed by atoms with Crippen molar-refractivity contribution in [3.8, 4) is 17.2 Å². The molecule has 8 heteroatoms. The summed E-state index contributed by atoms with van der Waals surface area (Å²) in [6.07, 6.45) is 0. The summed E-state index contributed by atoms with van der Waals surface area (Å²) in [7, 11) is 4.53. The van der Waals surface area contributed by atoms with Crippen LogP contribution < -0.4 is 19.5 Å². The van der Waals surface area contributed by atoms with E-state index in [9.17, 15) is 4.79 Å². The van der Waals surface area contributed by atoms with Crippen LogP contribution in [0.5, 0.6) is 17.2 Å². The summed E-state index contributed by atoms with van der Waals surface area (Å²) in [5.41, 5.74) is 2.20. The average molecular weight is 362 g/mol. The normalized spacial score (nSPS) is 10.6. The number of nitrogens with zero attached hydrogens (tertiary/aromatic N) is 1. The van der Waals surface area contributed by atoms with Gasteiger partial charge in [0.1, 0.15) is 10.8 Å². The summed E-state index contributed by atoms with van der Waals surface area (Å²) in [6.45, 7) is 0.